The molecule has 0 aromatic heterocycles. The number of hydrogen-bond acceptors (Lipinski definition) is 0. The zero-order chi connectivity index (χ0) is 3.54. The van der Waals surface area contributed by atoms with E-state index >= 15 is 0 Å². The molecule has 0 aliphatic heterocycles. The van der Waals surface area contributed by atoms with Crippen LogP contribution in [0.3, 0.4) is 0 Å². The summed E-state index contributed by atoms with van der Waals surface area (Å²) in [5, 5.41) is 0. The first-order valence-electron chi connectivity index (χ1n) is 1.72. The average Bonchev–Trinajstić information content (AvgIpc) is 1.76. The van der Waals surface area contributed by atoms with Crippen molar-refractivity contribution in [3.63, 3.8) is 0 Å². The Hall–Kier alpha value is -0.520. The average molecular weight is 65.1 g/mol. The molecule has 0 aromatic carbocycles. The lowest BCUT2D eigenvalue weighted by Crippen LogP contribution is -1.39. The molecule has 0 radical (unpaired) electrons. The Bertz CT molecular complexity index is 58.1. The van der Waals surface area contributed by atoms with Crippen LogP contribution >= 0.6 is 0 Å². The fourth-order valence-corrected chi connectivity index (χ4v) is 0.340. The molecule has 0 heterocycles. The molecule has 0 amide bonds. The fourth-order valence-electron chi connectivity index (χ4n) is 0.340. The minimum absolute atomic E-state index is 1.01. The second-order valence-electron chi connectivity index (χ2n) is 1.00. The van der Waals surface area contributed by atoms with Gasteiger partial charge in [-0.2, -0.15) is 6.08 Å². The molecule has 0 saturated heterocycles. The molecule has 0 spiro atoms. The van der Waals surface area contributed by atoms with Crippen molar-refractivity contribution in [2.45, 2.75) is 6.42 Å². The summed E-state index contributed by atoms with van der Waals surface area (Å²) in [5.41, 5.74) is 0. The topological polar surface area (TPSA) is 0 Å². The quantitative estimate of drug-likeness (QED) is 0.373. The van der Waals surface area contributed by atoms with Crippen LogP contribution in [-0.4, -0.2) is 0 Å². The van der Waals surface area contributed by atoms with Crippen LogP contribution in [0.5, 0.6) is 0 Å². The summed E-state index contributed by atoms with van der Waals surface area (Å²) in [6.45, 7) is 0. The summed E-state index contributed by atoms with van der Waals surface area (Å²) < 4.78 is 0. The van der Waals surface area contributed by atoms with Crippen LogP contribution < -0.4 is 0 Å². The van der Waals surface area contributed by atoms with Crippen LogP contribution in [0.15, 0.2) is 18.2 Å². The molecule has 1 aliphatic carbocycles. The number of hydrogen-bond donors (Lipinski definition) is 0. The van der Waals surface area contributed by atoms with Crippen LogP contribution in [0.4, 0.5) is 0 Å². The van der Waals surface area contributed by atoms with Gasteiger partial charge in [0.2, 0.25) is 0 Å². The van der Waals surface area contributed by atoms with Crippen molar-refractivity contribution in [3.8, 4) is 0 Å². The predicted octanol–water partition coefficient (Wildman–Crippen LogP) is 1.31. The predicted molar refractivity (Wildman–Crippen MR) is 21.6 cm³/mol. The minimum atomic E-state index is 1.01. The summed E-state index contributed by atoms with van der Waals surface area (Å²) in [5.74, 6) is 0. The molecule has 0 unspecified atom stereocenters. The van der Waals surface area contributed by atoms with E-state index in [0.29, 0.717) is 0 Å². The van der Waals surface area contributed by atoms with Gasteiger partial charge >= 0.3 is 0 Å². The molecule has 26 valence electrons. The fraction of sp³-hybridized carbons (Fsp3) is 0.200. The van der Waals surface area contributed by atoms with Gasteiger partial charge in [-0.05, 0) is 0 Å². The zero-order valence-electron chi connectivity index (χ0n) is 2.94. The molecular weight excluding hydrogens is 60.1 g/mol. The van der Waals surface area contributed by atoms with E-state index in [4.69, 9.17) is 0 Å². The van der Waals surface area contributed by atoms with Crippen LogP contribution in [-0.2, 0) is 0 Å². The van der Waals surface area contributed by atoms with E-state index in [1.165, 1.54) is 0 Å². The molecular formula is C5H5-. The molecule has 5 heavy (non-hydrogen) atoms. The van der Waals surface area contributed by atoms with Gasteiger partial charge in [-0.25, -0.2) is 12.2 Å². The first-order valence-corrected chi connectivity index (χ1v) is 1.72. The van der Waals surface area contributed by atoms with Gasteiger partial charge in [-0.1, -0.05) is 0 Å². The third-order valence-corrected chi connectivity index (χ3v) is 0.586. The smallest absolute Gasteiger partial charge is 0.109 e. The van der Waals surface area contributed by atoms with Gasteiger partial charge in [0, 0.05) is 0 Å². The normalized spacial score (nSPS) is 17.6. The van der Waals surface area contributed by atoms with E-state index < -0.39 is 0 Å². The third-order valence-electron chi connectivity index (χ3n) is 0.586. The van der Waals surface area contributed by atoms with Crippen molar-refractivity contribution in [2.75, 3.05) is 0 Å². The molecule has 0 N–H and O–H groups in total. The zero-order valence-corrected chi connectivity index (χ0v) is 2.94. The van der Waals surface area contributed by atoms with Crippen molar-refractivity contribution < 1.29 is 0 Å². The summed E-state index contributed by atoms with van der Waals surface area (Å²) in [6.07, 6.45) is 10.0. The van der Waals surface area contributed by atoms with E-state index in [1.807, 2.05) is 12.2 Å². The van der Waals surface area contributed by atoms with E-state index in [9.17, 15) is 0 Å². The number of allylic oxidation sites excluding steroid dienone is 4. The van der Waals surface area contributed by atoms with Gasteiger partial charge in [0.25, 0.3) is 0 Å². The summed E-state index contributed by atoms with van der Waals surface area (Å²) >= 11 is 0. The first kappa shape index (κ1) is 2.70. The highest BCUT2D eigenvalue weighted by Gasteiger charge is 1.58. The Morgan fingerprint density at radius 1 is 1.60 bits per heavy atom. The van der Waals surface area contributed by atoms with Crippen molar-refractivity contribution in [3.05, 3.63) is 24.3 Å². The van der Waals surface area contributed by atoms with E-state index in [1.54, 1.807) is 0 Å². The maximum atomic E-state index is 2.99. The van der Waals surface area contributed by atoms with E-state index in [0.717, 1.165) is 6.42 Å². The number of rotatable bonds is 0. The van der Waals surface area contributed by atoms with Crippen molar-refractivity contribution in [1.82, 2.24) is 0 Å². The van der Waals surface area contributed by atoms with Crippen LogP contribution in [0.2, 0.25) is 0 Å². The van der Waals surface area contributed by atoms with Gasteiger partial charge < -0.3 is 0 Å². The van der Waals surface area contributed by atoms with Crippen molar-refractivity contribution in [2.24, 2.45) is 0 Å². The van der Waals surface area contributed by atoms with Gasteiger partial charge in [0.1, 0.15) is 0 Å². The molecule has 0 fully saturated rings. The van der Waals surface area contributed by atoms with Crippen LogP contribution in [0, 0.1) is 6.08 Å². The molecule has 0 bridgehead atoms. The molecule has 0 aromatic rings. The standard InChI is InChI=1S/C5H5/c1-2-4-5-3-1/h1-3H,4H2/q-1. The monoisotopic (exact) mass is 65.0 g/mol. The van der Waals surface area contributed by atoms with Gasteiger partial charge in [-0.15, -0.1) is 6.42 Å². The summed E-state index contributed by atoms with van der Waals surface area (Å²) in [4.78, 5) is 0. The summed E-state index contributed by atoms with van der Waals surface area (Å²) in [7, 11) is 0. The molecule has 0 nitrogen and oxygen atoms in total. The Kier molecular flexibility index (Phi) is 0.577. The second kappa shape index (κ2) is 1.07. The van der Waals surface area contributed by atoms with Gasteiger partial charge in [-0.3, -0.25) is 6.08 Å². The second-order valence-corrected chi connectivity index (χ2v) is 1.00. The van der Waals surface area contributed by atoms with Crippen LogP contribution in [0.25, 0.3) is 0 Å². The lowest BCUT2D eigenvalue weighted by molar-refractivity contribution is 1.40. The lowest BCUT2D eigenvalue weighted by Gasteiger charge is -1.70. The largest absolute Gasteiger partial charge is 0.273 e. The van der Waals surface area contributed by atoms with E-state index in [-0.39, 0.29) is 0 Å². The molecule has 0 heteroatoms. The van der Waals surface area contributed by atoms with Gasteiger partial charge in [0.05, 0.1) is 0 Å². The van der Waals surface area contributed by atoms with Crippen LogP contribution in [0.1, 0.15) is 6.42 Å². The third kappa shape index (κ3) is 0.380. The molecule has 1 rings (SSSR count). The Balaban J connectivity index is 2.61. The SMILES string of the molecule is [C-]1=CC=CC1. The minimum Gasteiger partial charge on any atom is -0.273 e. The highest BCUT2D eigenvalue weighted by atomic mass is 13.8. The van der Waals surface area contributed by atoms with Crippen molar-refractivity contribution in [1.29, 1.82) is 0 Å². The Morgan fingerprint density at radius 2 is 2.60 bits per heavy atom. The van der Waals surface area contributed by atoms with Crippen molar-refractivity contribution >= 4 is 0 Å². The lowest BCUT2D eigenvalue weighted by atomic mass is 10.5. The summed E-state index contributed by atoms with van der Waals surface area (Å²) in [6, 6.07) is 0. The first-order chi connectivity index (χ1) is 2.50. The maximum Gasteiger partial charge on any atom is -0.109 e. The Labute approximate surface area is 31.8 Å². The highest BCUT2D eigenvalue weighted by molar-refractivity contribution is 5.07. The molecule has 0 atom stereocenters. The molecule has 0 saturated carbocycles. The van der Waals surface area contributed by atoms with E-state index in [2.05, 4.69) is 12.2 Å². The molecule has 1 aliphatic rings. The Morgan fingerprint density at radius 3 is 2.80 bits per heavy atom. The maximum absolute atomic E-state index is 2.99. The highest BCUT2D eigenvalue weighted by Crippen LogP contribution is 1.91. The van der Waals surface area contributed by atoms with Gasteiger partial charge in [0.15, 0.2) is 0 Å².